The molecule has 6 nitrogen and oxygen atoms in total. The summed E-state index contributed by atoms with van der Waals surface area (Å²) in [5.41, 5.74) is 2.12. The first-order chi connectivity index (χ1) is 12.7. The van der Waals surface area contributed by atoms with Gasteiger partial charge in [-0.1, -0.05) is 24.6 Å². The monoisotopic (exact) mass is 485 g/mol. The number of nitrogens with zero attached hydrogens (tertiary/aromatic N) is 2. The third-order valence-electron chi connectivity index (χ3n) is 5.48. The van der Waals surface area contributed by atoms with Gasteiger partial charge < -0.3 is 16.0 Å². The van der Waals surface area contributed by atoms with Crippen molar-refractivity contribution in [3.63, 3.8) is 0 Å². The standard InChI is InChI=1S/C20H31N5O.HI/c1-15-7-5-6-11-25(15)12-10-22-20(21-2)23-14-16-13-19(26)24-18-9-4-3-8-17(16)18;/h3-4,8-9,15-16H,5-7,10-14H2,1-2H3,(H,24,26)(H2,21,22,23);1H. The Kier molecular flexibility index (Phi) is 8.82. The quantitative estimate of drug-likeness (QED) is 0.341. The molecule has 1 amide bonds. The number of aliphatic imine (C=N–C) groups is 1. The summed E-state index contributed by atoms with van der Waals surface area (Å²) in [6, 6.07) is 8.71. The average Bonchev–Trinajstić information content (AvgIpc) is 2.65. The van der Waals surface area contributed by atoms with Crippen molar-refractivity contribution in [3.8, 4) is 0 Å². The van der Waals surface area contributed by atoms with Crippen LogP contribution >= 0.6 is 24.0 Å². The molecule has 2 unspecified atom stereocenters. The number of nitrogens with one attached hydrogen (secondary N) is 3. The van der Waals surface area contributed by atoms with Crippen LogP contribution in [-0.2, 0) is 4.79 Å². The lowest BCUT2D eigenvalue weighted by atomic mass is 9.90. The van der Waals surface area contributed by atoms with Gasteiger partial charge in [-0.15, -0.1) is 24.0 Å². The highest BCUT2D eigenvalue weighted by molar-refractivity contribution is 14.0. The molecule has 3 N–H and O–H groups in total. The zero-order valence-electron chi connectivity index (χ0n) is 16.3. The van der Waals surface area contributed by atoms with E-state index in [1.165, 1.54) is 31.4 Å². The normalized spacial score (nSPS) is 23.0. The van der Waals surface area contributed by atoms with Gasteiger partial charge in [-0.05, 0) is 37.9 Å². The molecule has 150 valence electrons. The molecule has 2 aliphatic rings. The number of hydrogen-bond acceptors (Lipinski definition) is 3. The lowest BCUT2D eigenvalue weighted by Gasteiger charge is -2.33. The first-order valence-electron chi connectivity index (χ1n) is 9.74. The summed E-state index contributed by atoms with van der Waals surface area (Å²) in [6.07, 6.45) is 4.47. The number of rotatable bonds is 5. The smallest absolute Gasteiger partial charge is 0.225 e. The van der Waals surface area contributed by atoms with E-state index in [0.717, 1.165) is 24.7 Å². The Morgan fingerprint density at radius 3 is 2.89 bits per heavy atom. The van der Waals surface area contributed by atoms with Crippen LogP contribution < -0.4 is 16.0 Å². The minimum atomic E-state index is 0. The van der Waals surface area contributed by atoms with E-state index >= 15 is 0 Å². The maximum Gasteiger partial charge on any atom is 0.225 e. The van der Waals surface area contributed by atoms with E-state index in [1.807, 2.05) is 18.2 Å². The van der Waals surface area contributed by atoms with Crippen molar-refractivity contribution in [2.24, 2.45) is 4.99 Å². The molecule has 0 aromatic heterocycles. The summed E-state index contributed by atoms with van der Waals surface area (Å²) in [5.74, 6) is 1.05. The first kappa shape index (κ1) is 21.9. The van der Waals surface area contributed by atoms with E-state index in [0.29, 0.717) is 19.0 Å². The molecule has 1 aromatic rings. The van der Waals surface area contributed by atoms with Gasteiger partial charge in [0.25, 0.3) is 0 Å². The van der Waals surface area contributed by atoms with E-state index in [1.54, 1.807) is 7.05 Å². The first-order valence-corrected chi connectivity index (χ1v) is 9.74. The van der Waals surface area contributed by atoms with E-state index in [4.69, 9.17) is 0 Å². The van der Waals surface area contributed by atoms with Crippen LogP contribution in [0.4, 0.5) is 5.69 Å². The number of piperidine rings is 1. The Hall–Kier alpha value is -1.35. The minimum absolute atomic E-state index is 0. The molecule has 1 aromatic carbocycles. The van der Waals surface area contributed by atoms with E-state index < -0.39 is 0 Å². The Bertz CT molecular complexity index is 651. The van der Waals surface area contributed by atoms with Crippen LogP contribution in [0.2, 0.25) is 0 Å². The fraction of sp³-hybridized carbons (Fsp3) is 0.600. The number of para-hydroxylation sites is 1. The second-order valence-electron chi connectivity index (χ2n) is 7.30. The SMILES string of the molecule is CN=C(NCCN1CCCCC1C)NCC1CC(=O)Nc2ccccc21.I. The third kappa shape index (κ3) is 6.07. The molecule has 7 heteroatoms. The van der Waals surface area contributed by atoms with Gasteiger partial charge in [0.1, 0.15) is 0 Å². The molecule has 1 fully saturated rings. The van der Waals surface area contributed by atoms with Crippen molar-refractivity contribution in [1.82, 2.24) is 15.5 Å². The highest BCUT2D eigenvalue weighted by Gasteiger charge is 2.24. The number of amides is 1. The molecule has 2 heterocycles. The lowest BCUT2D eigenvalue weighted by Crippen LogP contribution is -2.46. The van der Waals surface area contributed by atoms with Crippen LogP contribution in [0.25, 0.3) is 0 Å². The fourth-order valence-electron chi connectivity index (χ4n) is 3.93. The average molecular weight is 485 g/mol. The summed E-state index contributed by atoms with van der Waals surface area (Å²) >= 11 is 0. The second-order valence-corrected chi connectivity index (χ2v) is 7.30. The van der Waals surface area contributed by atoms with Gasteiger partial charge in [-0.2, -0.15) is 0 Å². The fourth-order valence-corrected chi connectivity index (χ4v) is 3.93. The highest BCUT2D eigenvalue weighted by Crippen LogP contribution is 2.31. The van der Waals surface area contributed by atoms with Gasteiger partial charge in [-0.3, -0.25) is 14.7 Å². The molecule has 0 saturated carbocycles. The Morgan fingerprint density at radius 1 is 1.30 bits per heavy atom. The number of anilines is 1. The summed E-state index contributed by atoms with van der Waals surface area (Å²) in [5, 5.41) is 9.75. The summed E-state index contributed by atoms with van der Waals surface area (Å²) < 4.78 is 0. The minimum Gasteiger partial charge on any atom is -0.356 e. The molecule has 0 bridgehead atoms. The van der Waals surface area contributed by atoms with Crippen molar-refractivity contribution < 1.29 is 4.79 Å². The van der Waals surface area contributed by atoms with Crippen molar-refractivity contribution in [2.75, 3.05) is 38.5 Å². The molecule has 2 aliphatic heterocycles. The van der Waals surface area contributed by atoms with E-state index in [-0.39, 0.29) is 35.8 Å². The number of carbonyl (C=O) groups excluding carboxylic acids is 1. The molecule has 1 saturated heterocycles. The maximum absolute atomic E-state index is 11.9. The van der Waals surface area contributed by atoms with Gasteiger partial charge in [0.05, 0.1) is 0 Å². The maximum atomic E-state index is 11.9. The van der Waals surface area contributed by atoms with Crippen LogP contribution in [0, 0.1) is 0 Å². The number of likely N-dealkylation sites (tertiary alicyclic amines) is 1. The Morgan fingerprint density at radius 2 is 2.11 bits per heavy atom. The Labute approximate surface area is 179 Å². The zero-order valence-corrected chi connectivity index (χ0v) is 18.7. The van der Waals surface area contributed by atoms with Gasteiger partial charge in [-0.25, -0.2) is 0 Å². The third-order valence-corrected chi connectivity index (χ3v) is 5.48. The Balaban J connectivity index is 0.00000261. The predicted molar refractivity (Wildman–Crippen MR) is 122 cm³/mol. The van der Waals surface area contributed by atoms with Crippen molar-refractivity contribution >= 4 is 41.5 Å². The molecule has 3 rings (SSSR count). The van der Waals surface area contributed by atoms with Gasteiger partial charge in [0, 0.05) is 50.7 Å². The van der Waals surface area contributed by atoms with Crippen molar-refractivity contribution in [3.05, 3.63) is 29.8 Å². The molecular weight excluding hydrogens is 453 g/mol. The summed E-state index contributed by atoms with van der Waals surface area (Å²) in [7, 11) is 1.79. The second kappa shape index (κ2) is 10.8. The molecular formula is C20H32IN5O. The number of hydrogen-bond donors (Lipinski definition) is 3. The van der Waals surface area contributed by atoms with Gasteiger partial charge in [0.15, 0.2) is 5.96 Å². The van der Waals surface area contributed by atoms with Crippen molar-refractivity contribution in [2.45, 2.75) is 44.6 Å². The zero-order chi connectivity index (χ0) is 18.4. The van der Waals surface area contributed by atoms with Crippen LogP contribution in [0.15, 0.2) is 29.3 Å². The molecule has 2 atom stereocenters. The molecule has 0 aliphatic carbocycles. The van der Waals surface area contributed by atoms with Gasteiger partial charge >= 0.3 is 0 Å². The lowest BCUT2D eigenvalue weighted by molar-refractivity contribution is -0.116. The summed E-state index contributed by atoms with van der Waals surface area (Å²) in [4.78, 5) is 18.8. The summed E-state index contributed by atoms with van der Waals surface area (Å²) in [6.45, 7) is 6.13. The number of guanidine groups is 1. The number of halogens is 1. The van der Waals surface area contributed by atoms with Crippen LogP contribution in [0.1, 0.15) is 44.1 Å². The van der Waals surface area contributed by atoms with Crippen molar-refractivity contribution in [1.29, 1.82) is 0 Å². The number of carbonyl (C=O) groups is 1. The topological polar surface area (TPSA) is 68.8 Å². The molecule has 0 spiro atoms. The van der Waals surface area contributed by atoms with E-state index in [2.05, 4.69) is 38.8 Å². The largest absolute Gasteiger partial charge is 0.356 e. The molecule has 0 radical (unpaired) electrons. The highest BCUT2D eigenvalue weighted by atomic mass is 127. The van der Waals surface area contributed by atoms with Crippen LogP contribution in [0.5, 0.6) is 0 Å². The van der Waals surface area contributed by atoms with Gasteiger partial charge in [0.2, 0.25) is 5.91 Å². The van der Waals surface area contributed by atoms with Crippen LogP contribution in [-0.4, -0.2) is 56.0 Å². The van der Waals surface area contributed by atoms with E-state index in [9.17, 15) is 4.79 Å². The molecule has 27 heavy (non-hydrogen) atoms. The number of fused-ring (bicyclic) bond motifs is 1. The van der Waals surface area contributed by atoms with Crippen LogP contribution in [0.3, 0.4) is 0 Å². The number of benzene rings is 1. The predicted octanol–water partition coefficient (Wildman–Crippen LogP) is 2.77.